The lowest BCUT2D eigenvalue weighted by Gasteiger charge is -2.01. The fourth-order valence-corrected chi connectivity index (χ4v) is 3.14. The molecule has 5 heteroatoms. The van der Waals surface area contributed by atoms with Gasteiger partial charge in [-0.1, -0.05) is 29.5 Å². The Morgan fingerprint density at radius 3 is 2.95 bits per heavy atom. The molecule has 2 aromatic heterocycles. The lowest BCUT2D eigenvalue weighted by Crippen LogP contribution is -2.11. The van der Waals surface area contributed by atoms with Crippen molar-refractivity contribution in [3.63, 3.8) is 0 Å². The van der Waals surface area contributed by atoms with Gasteiger partial charge in [-0.3, -0.25) is 10.1 Å². The van der Waals surface area contributed by atoms with Crippen molar-refractivity contribution in [3.8, 4) is 0 Å². The van der Waals surface area contributed by atoms with E-state index in [9.17, 15) is 4.79 Å². The van der Waals surface area contributed by atoms with Gasteiger partial charge in [-0.05, 0) is 35.7 Å². The average Bonchev–Trinajstić information content (AvgIpc) is 3.11. The van der Waals surface area contributed by atoms with E-state index in [1.807, 2.05) is 54.7 Å². The van der Waals surface area contributed by atoms with Gasteiger partial charge in [-0.15, -0.1) is 0 Å². The Kier molecular flexibility index (Phi) is 2.72. The zero-order chi connectivity index (χ0) is 14.2. The van der Waals surface area contributed by atoms with Crippen molar-refractivity contribution < 1.29 is 4.79 Å². The van der Waals surface area contributed by atoms with Crippen LogP contribution in [0.3, 0.4) is 0 Å². The number of nitrogens with one attached hydrogen (secondary N) is 2. The second kappa shape index (κ2) is 4.71. The molecular weight excluding hydrogens is 282 g/mol. The molecule has 0 aliphatic rings. The number of rotatable bonds is 2. The molecule has 0 saturated carbocycles. The summed E-state index contributed by atoms with van der Waals surface area (Å²) < 4.78 is 1.06. The lowest BCUT2D eigenvalue weighted by atomic mass is 10.1. The Labute approximate surface area is 124 Å². The van der Waals surface area contributed by atoms with E-state index < -0.39 is 0 Å². The third-order valence-corrected chi connectivity index (χ3v) is 4.28. The molecule has 2 aromatic carbocycles. The third-order valence-electron chi connectivity index (χ3n) is 3.33. The fourth-order valence-electron chi connectivity index (χ4n) is 2.28. The molecule has 0 bridgehead atoms. The van der Waals surface area contributed by atoms with Gasteiger partial charge in [0.1, 0.15) is 0 Å². The van der Waals surface area contributed by atoms with Crippen LogP contribution in [0.4, 0.5) is 5.13 Å². The van der Waals surface area contributed by atoms with E-state index >= 15 is 0 Å². The van der Waals surface area contributed by atoms with Gasteiger partial charge in [0.05, 0.1) is 10.2 Å². The number of para-hydroxylation sites is 1. The molecule has 0 unspecified atom stereocenters. The van der Waals surface area contributed by atoms with Gasteiger partial charge in [0, 0.05) is 17.3 Å². The molecule has 21 heavy (non-hydrogen) atoms. The van der Waals surface area contributed by atoms with Crippen LogP contribution in [0.15, 0.2) is 54.7 Å². The van der Waals surface area contributed by atoms with Crippen LogP contribution < -0.4 is 5.32 Å². The van der Waals surface area contributed by atoms with Crippen LogP contribution in [-0.2, 0) is 0 Å². The van der Waals surface area contributed by atoms with Crippen molar-refractivity contribution in [2.75, 3.05) is 5.32 Å². The molecule has 0 aliphatic heterocycles. The molecule has 0 saturated heterocycles. The van der Waals surface area contributed by atoms with Crippen molar-refractivity contribution in [1.29, 1.82) is 0 Å². The van der Waals surface area contributed by atoms with Crippen LogP contribution in [0.25, 0.3) is 21.1 Å². The van der Waals surface area contributed by atoms with Crippen LogP contribution in [-0.4, -0.2) is 15.9 Å². The van der Waals surface area contributed by atoms with Gasteiger partial charge in [0.25, 0.3) is 5.91 Å². The maximum atomic E-state index is 12.3. The van der Waals surface area contributed by atoms with Gasteiger partial charge in [-0.2, -0.15) is 0 Å². The normalized spacial score (nSPS) is 11.0. The number of H-pyrrole nitrogens is 1. The Morgan fingerprint density at radius 2 is 2.05 bits per heavy atom. The minimum Gasteiger partial charge on any atom is -0.361 e. The minimum absolute atomic E-state index is 0.148. The van der Waals surface area contributed by atoms with Crippen molar-refractivity contribution in [2.24, 2.45) is 0 Å². The second-order valence-corrected chi connectivity index (χ2v) is 5.75. The molecule has 4 nitrogen and oxygen atoms in total. The number of hydrogen-bond acceptors (Lipinski definition) is 3. The number of nitrogens with zero attached hydrogens (tertiary/aromatic N) is 1. The van der Waals surface area contributed by atoms with Crippen LogP contribution in [0.5, 0.6) is 0 Å². The summed E-state index contributed by atoms with van der Waals surface area (Å²) in [5, 5.41) is 4.57. The quantitative estimate of drug-likeness (QED) is 0.586. The highest BCUT2D eigenvalue weighted by Gasteiger charge is 2.10. The highest BCUT2D eigenvalue weighted by molar-refractivity contribution is 7.22. The Morgan fingerprint density at radius 1 is 1.14 bits per heavy atom. The monoisotopic (exact) mass is 293 g/mol. The molecule has 0 fully saturated rings. The van der Waals surface area contributed by atoms with Gasteiger partial charge in [0.2, 0.25) is 0 Å². The number of anilines is 1. The minimum atomic E-state index is -0.148. The van der Waals surface area contributed by atoms with Crippen molar-refractivity contribution in [3.05, 3.63) is 60.3 Å². The van der Waals surface area contributed by atoms with Gasteiger partial charge >= 0.3 is 0 Å². The largest absolute Gasteiger partial charge is 0.361 e. The molecule has 102 valence electrons. The summed E-state index contributed by atoms with van der Waals surface area (Å²) in [6, 6.07) is 15.4. The number of hydrogen-bond donors (Lipinski definition) is 2. The fraction of sp³-hybridized carbons (Fsp3) is 0. The first-order valence-corrected chi connectivity index (χ1v) is 7.35. The molecule has 4 aromatic rings. The molecule has 2 N–H and O–H groups in total. The maximum Gasteiger partial charge on any atom is 0.257 e. The van der Waals surface area contributed by atoms with Crippen molar-refractivity contribution in [2.45, 2.75) is 0 Å². The Bertz CT molecular complexity index is 921. The number of thiazole rings is 1. The lowest BCUT2D eigenvalue weighted by molar-refractivity contribution is 0.102. The predicted octanol–water partition coefficient (Wildman–Crippen LogP) is 4.03. The van der Waals surface area contributed by atoms with E-state index in [-0.39, 0.29) is 5.91 Å². The van der Waals surface area contributed by atoms with Gasteiger partial charge < -0.3 is 4.98 Å². The molecule has 0 radical (unpaired) electrons. The highest BCUT2D eigenvalue weighted by atomic mass is 32.1. The number of aromatic amines is 1. The summed E-state index contributed by atoms with van der Waals surface area (Å²) >= 11 is 1.47. The number of carbonyl (C=O) groups is 1. The summed E-state index contributed by atoms with van der Waals surface area (Å²) in [5.74, 6) is -0.148. The molecule has 0 aliphatic carbocycles. The zero-order valence-corrected chi connectivity index (χ0v) is 11.8. The van der Waals surface area contributed by atoms with E-state index in [1.54, 1.807) is 0 Å². The summed E-state index contributed by atoms with van der Waals surface area (Å²) in [5.41, 5.74) is 2.47. The van der Waals surface area contributed by atoms with E-state index in [4.69, 9.17) is 0 Å². The predicted molar refractivity (Wildman–Crippen MR) is 85.9 cm³/mol. The number of aromatic nitrogens is 2. The van der Waals surface area contributed by atoms with Crippen molar-refractivity contribution >= 4 is 43.5 Å². The number of amides is 1. The summed E-state index contributed by atoms with van der Waals surface area (Å²) in [6.07, 6.45) is 1.86. The molecular formula is C16H11N3OS. The average molecular weight is 293 g/mol. The van der Waals surface area contributed by atoms with Crippen LogP contribution >= 0.6 is 11.3 Å². The SMILES string of the molecule is O=C(Nc1nc2ccccc2s1)c1ccc2cc[nH]c2c1. The van der Waals surface area contributed by atoms with Crippen LogP contribution in [0.2, 0.25) is 0 Å². The first kappa shape index (κ1) is 12.1. The smallest absolute Gasteiger partial charge is 0.257 e. The number of fused-ring (bicyclic) bond motifs is 2. The molecule has 1 amide bonds. The summed E-state index contributed by atoms with van der Waals surface area (Å²) in [7, 11) is 0. The van der Waals surface area contributed by atoms with Gasteiger partial charge in [0.15, 0.2) is 5.13 Å². The zero-order valence-electron chi connectivity index (χ0n) is 11.0. The molecule has 0 atom stereocenters. The van der Waals surface area contributed by atoms with Crippen molar-refractivity contribution in [1.82, 2.24) is 9.97 Å². The Hall–Kier alpha value is -2.66. The molecule has 0 spiro atoms. The van der Waals surface area contributed by atoms with Crippen LogP contribution in [0, 0.1) is 0 Å². The van der Waals surface area contributed by atoms with E-state index in [0.717, 1.165) is 21.1 Å². The molecule has 4 rings (SSSR count). The summed E-state index contributed by atoms with van der Waals surface area (Å²) in [6.45, 7) is 0. The van der Waals surface area contributed by atoms with Gasteiger partial charge in [-0.25, -0.2) is 4.98 Å². The first-order chi connectivity index (χ1) is 10.3. The van der Waals surface area contributed by atoms with E-state index in [2.05, 4.69) is 15.3 Å². The molecule has 2 heterocycles. The number of benzene rings is 2. The standard InChI is InChI=1S/C16H11N3OS/c20-15(11-6-5-10-7-8-17-13(10)9-11)19-16-18-12-3-1-2-4-14(12)21-16/h1-9,17H,(H,18,19,20). The van der Waals surface area contributed by atoms with E-state index in [1.165, 1.54) is 11.3 Å². The van der Waals surface area contributed by atoms with Crippen LogP contribution in [0.1, 0.15) is 10.4 Å². The maximum absolute atomic E-state index is 12.3. The highest BCUT2D eigenvalue weighted by Crippen LogP contribution is 2.26. The van der Waals surface area contributed by atoms with E-state index in [0.29, 0.717) is 10.7 Å². The topological polar surface area (TPSA) is 57.8 Å². The second-order valence-electron chi connectivity index (χ2n) is 4.72. The third kappa shape index (κ3) is 2.17. The number of carbonyl (C=O) groups excluding carboxylic acids is 1. The first-order valence-electron chi connectivity index (χ1n) is 6.54. The summed E-state index contributed by atoms with van der Waals surface area (Å²) in [4.78, 5) is 19.8. The Balaban J connectivity index is 1.64.